The Morgan fingerprint density at radius 1 is 1.39 bits per heavy atom. The predicted octanol–water partition coefficient (Wildman–Crippen LogP) is 3.51. The molecule has 0 radical (unpaired) electrons. The molecule has 1 heterocycles. The minimum atomic E-state index is 0.134. The van der Waals surface area contributed by atoms with Crippen molar-refractivity contribution in [1.29, 1.82) is 0 Å². The van der Waals surface area contributed by atoms with Crippen molar-refractivity contribution in [3.63, 3.8) is 0 Å². The summed E-state index contributed by atoms with van der Waals surface area (Å²) in [6.07, 6.45) is 7.37. The molecule has 2 nitrogen and oxygen atoms in total. The van der Waals surface area contributed by atoms with Crippen LogP contribution in [0.2, 0.25) is 0 Å². The Kier molecular flexibility index (Phi) is 3.13. The third kappa shape index (κ3) is 2.17. The molecule has 18 heavy (non-hydrogen) atoms. The molecule has 1 aromatic heterocycles. The lowest BCUT2D eigenvalue weighted by molar-refractivity contribution is 0.442. The van der Waals surface area contributed by atoms with Crippen LogP contribution in [0.15, 0.2) is 36.7 Å². The van der Waals surface area contributed by atoms with Gasteiger partial charge >= 0.3 is 0 Å². The van der Waals surface area contributed by atoms with Crippen LogP contribution in [-0.2, 0) is 19.9 Å². The molecule has 0 spiro atoms. The van der Waals surface area contributed by atoms with Gasteiger partial charge in [-0.25, -0.2) is 0 Å². The first kappa shape index (κ1) is 11.8. The highest BCUT2D eigenvalue weighted by molar-refractivity contribution is 6.21. The fraction of sp³-hybridized carbons (Fsp3) is 0.400. The molecule has 3 heteroatoms. The van der Waals surface area contributed by atoms with Crippen LogP contribution in [0.3, 0.4) is 0 Å². The van der Waals surface area contributed by atoms with Crippen LogP contribution in [0.4, 0.5) is 0 Å². The molecule has 0 N–H and O–H groups in total. The fourth-order valence-corrected chi connectivity index (χ4v) is 3.29. The first-order valence-electron chi connectivity index (χ1n) is 6.43. The summed E-state index contributed by atoms with van der Waals surface area (Å²) in [6.45, 7) is 0. The highest BCUT2D eigenvalue weighted by Gasteiger charge is 2.27. The summed E-state index contributed by atoms with van der Waals surface area (Å²) in [4.78, 5) is 0. The molecule has 1 aliphatic rings. The largest absolute Gasteiger partial charge is 0.276 e. The van der Waals surface area contributed by atoms with Gasteiger partial charge in [0.15, 0.2) is 0 Å². The molecule has 3 rings (SSSR count). The average Bonchev–Trinajstić information content (AvgIpc) is 2.79. The van der Waals surface area contributed by atoms with Gasteiger partial charge in [-0.15, -0.1) is 11.6 Å². The Labute approximate surface area is 113 Å². The molecular formula is C15H17ClN2. The van der Waals surface area contributed by atoms with Crippen molar-refractivity contribution in [1.82, 2.24) is 9.78 Å². The van der Waals surface area contributed by atoms with Crippen molar-refractivity contribution in [2.24, 2.45) is 13.0 Å². The van der Waals surface area contributed by atoms with Crippen LogP contribution in [0, 0.1) is 5.92 Å². The number of fused-ring (bicyclic) bond motifs is 1. The van der Waals surface area contributed by atoms with E-state index in [0.717, 1.165) is 12.8 Å². The van der Waals surface area contributed by atoms with E-state index in [1.165, 1.54) is 23.1 Å². The van der Waals surface area contributed by atoms with Crippen LogP contribution >= 0.6 is 11.6 Å². The van der Waals surface area contributed by atoms with Gasteiger partial charge in [0.05, 0.1) is 11.6 Å². The van der Waals surface area contributed by atoms with E-state index in [4.69, 9.17) is 11.6 Å². The Morgan fingerprint density at radius 3 is 3.00 bits per heavy atom. The topological polar surface area (TPSA) is 17.8 Å². The summed E-state index contributed by atoms with van der Waals surface area (Å²) in [7, 11) is 1.96. The first-order chi connectivity index (χ1) is 8.74. The van der Waals surface area contributed by atoms with Crippen LogP contribution in [0.25, 0.3) is 0 Å². The Morgan fingerprint density at radius 2 is 2.22 bits per heavy atom. The lowest BCUT2D eigenvalue weighted by atomic mass is 9.81. The molecule has 2 atom stereocenters. The first-order valence-corrected chi connectivity index (χ1v) is 6.87. The summed E-state index contributed by atoms with van der Waals surface area (Å²) < 4.78 is 1.86. The van der Waals surface area contributed by atoms with Gasteiger partial charge in [-0.2, -0.15) is 5.10 Å². The van der Waals surface area contributed by atoms with E-state index < -0.39 is 0 Å². The monoisotopic (exact) mass is 260 g/mol. The van der Waals surface area contributed by atoms with Gasteiger partial charge < -0.3 is 0 Å². The minimum absolute atomic E-state index is 0.134. The molecule has 0 saturated carbocycles. The van der Waals surface area contributed by atoms with Crippen LogP contribution in [0.5, 0.6) is 0 Å². The molecule has 1 aliphatic carbocycles. The van der Waals surface area contributed by atoms with Crippen LogP contribution in [0.1, 0.15) is 28.5 Å². The number of hydrogen-bond donors (Lipinski definition) is 0. The van der Waals surface area contributed by atoms with E-state index in [1.54, 1.807) is 0 Å². The molecule has 1 aromatic carbocycles. The Hall–Kier alpha value is -1.28. The molecule has 0 aliphatic heterocycles. The van der Waals surface area contributed by atoms with Crippen LogP contribution in [-0.4, -0.2) is 9.78 Å². The number of halogens is 1. The smallest absolute Gasteiger partial charge is 0.0619 e. The second-order valence-corrected chi connectivity index (χ2v) is 5.60. The van der Waals surface area contributed by atoms with Gasteiger partial charge in [-0.3, -0.25) is 4.68 Å². The van der Waals surface area contributed by atoms with Gasteiger partial charge in [0, 0.05) is 13.2 Å². The van der Waals surface area contributed by atoms with E-state index in [2.05, 4.69) is 35.6 Å². The maximum absolute atomic E-state index is 6.64. The normalized spacial score (nSPS) is 22.8. The third-order valence-corrected chi connectivity index (χ3v) is 4.40. The maximum Gasteiger partial charge on any atom is 0.0619 e. The predicted molar refractivity (Wildman–Crippen MR) is 73.8 cm³/mol. The molecule has 2 aromatic rings. The number of aryl methyl sites for hydroxylation is 2. The minimum Gasteiger partial charge on any atom is -0.276 e. The summed E-state index contributed by atoms with van der Waals surface area (Å²) in [6, 6.07) is 8.55. The van der Waals surface area contributed by atoms with Gasteiger partial charge in [-0.05, 0) is 41.9 Å². The van der Waals surface area contributed by atoms with Crippen molar-refractivity contribution in [2.75, 3.05) is 0 Å². The number of benzene rings is 1. The lowest BCUT2D eigenvalue weighted by Crippen LogP contribution is -2.18. The van der Waals surface area contributed by atoms with E-state index in [0.29, 0.717) is 5.92 Å². The zero-order valence-electron chi connectivity index (χ0n) is 10.5. The van der Waals surface area contributed by atoms with Crippen molar-refractivity contribution in [2.45, 2.75) is 24.6 Å². The standard InChI is InChI=1S/C15H17ClN2/c1-18-10-11(9-17-18)8-13-7-6-12-4-2-3-5-14(12)15(13)16/h2-5,9-10,13,15H,6-8H2,1H3. The molecule has 0 amide bonds. The fourth-order valence-electron chi connectivity index (χ4n) is 2.86. The molecule has 0 bridgehead atoms. The Balaban J connectivity index is 1.80. The van der Waals surface area contributed by atoms with Gasteiger partial charge in [0.2, 0.25) is 0 Å². The molecule has 2 unspecified atom stereocenters. The molecule has 0 fully saturated rings. The maximum atomic E-state index is 6.64. The summed E-state index contributed by atoms with van der Waals surface area (Å²) in [5.74, 6) is 0.519. The molecular weight excluding hydrogens is 244 g/mol. The quantitative estimate of drug-likeness (QED) is 0.756. The van der Waals surface area contributed by atoms with Crippen molar-refractivity contribution in [3.8, 4) is 0 Å². The zero-order valence-corrected chi connectivity index (χ0v) is 11.3. The van der Waals surface area contributed by atoms with E-state index in [-0.39, 0.29) is 5.38 Å². The summed E-state index contributed by atoms with van der Waals surface area (Å²) in [5.41, 5.74) is 4.02. The van der Waals surface area contributed by atoms with E-state index >= 15 is 0 Å². The highest BCUT2D eigenvalue weighted by atomic mass is 35.5. The van der Waals surface area contributed by atoms with E-state index in [9.17, 15) is 0 Å². The van der Waals surface area contributed by atoms with Crippen LogP contribution < -0.4 is 0 Å². The van der Waals surface area contributed by atoms with Gasteiger partial charge in [-0.1, -0.05) is 24.3 Å². The lowest BCUT2D eigenvalue weighted by Gasteiger charge is -2.29. The third-order valence-electron chi connectivity index (χ3n) is 3.81. The number of alkyl halides is 1. The summed E-state index contributed by atoms with van der Waals surface area (Å²) >= 11 is 6.64. The number of hydrogen-bond acceptors (Lipinski definition) is 1. The summed E-state index contributed by atoms with van der Waals surface area (Å²) in [5, 5.41) is 4.36. The van der Waals surface area contributed by atoms with Gasteiger partial charge in [0.25, 0.3) is 0 Å². The van der Waals surface area contributed by atoms with Crippen molar-refractivity contribution < 1.29 is 0 Å². The Bertz CT molecular complexity index is 547. The second kappa shape index (κ2) is 4.77. The van der Waals surface area contributed by atoms with Gasteiger partial charge in [0.1, 0.15) is 0 Å². The van der Waals surface area contributed by atoms with Crippen molar-refractivity contribution >= 4 is 11.6 Å². The zero-order chi connectivity index (χ0) is 12.5. The number of nitrogens with zero attached hydrogens (tertiary/aromatic N) is 2. The van der Waals surface area contributed by atoms with Crippen molar-refractivity contribution in [3.05, 3.63) is 53.3 Å². The average molecular weight is 261 g/mol. The second-order valence-electron chi connectivity index (χ2n) is 5.13. The number of aromatic nitrogens is 2. The number of rotatable bonds is 2. The SMILES string of the molecule is Cn1cc(CC2CCc3ccccc3C2Cl)cn1. The molecule has 0 saturated heterocycles. The molecule has 94 valence electrons. The van der Waals surface area contributed by atoms with E-state index in [1.807, 2.05) is 17.9 Å². The highest BCUT2D eigenvalue weighted by Crippen LogP contribution is 2.40.